The van der Waals surface area contributed by atoms with E-state index in [1.54, 1.807) is 5.38 Å². The normalized spacial score (nSPS) is 20.6. The summed E-state index contributed by atoms with van der Waals surface area (Å²) in [4.78, 5) is 59.7. The van der Waals surface area contributed by atoms with Gasteiger partial charge in [0.25, 0.3) is 5.91 Å². The van der Waals surface area contributed by atoms with Gasteiger partial charge < -0.3 is 20.3 Å². The number of nitrogens with one attached hydrogen (secondary N) is 1. The van der Waals surface area contributed by atoms with E-state index < -0.39 is 41.1 Å². The minimum Gasteiger partial charge on any atom is -0.477 e. The minimum atomic E-state index is -1.32. The number of β-lactam (4-membered cyclic amide) rings is 1. The molecule has 0 bridgehead atoms. The first-order chi connectivity index (χ1) is 13.7. The summed E-state index contributed by atoms with van der Waals surface area (Å²) in [7, 11) is 0. The van der Waals surface area contributed by atoms with Crippen molar-refractivity contribution in [3.05, 3.63) is 33.2 Å². The predicted molar refractivity (Wildman–Crippen MR) is 101 cm³/mol. The number of ether oxygens (including phenoxy) is 1. The van der Waals surface area contributed by atoms with Crippen molar-refractivity contribution in [1.29, 1.82) is 0 Å². The van der Waals surface area contributed by atoms with Gasteiger partial charge in [-0.1, -0.05) is 0 Å². The number of aliphatic carboxylic acids is 1. The maximum absolute atomic E-state index is 12.5. The summed E-state index contributed by atoms with van der Waals surface area (Å²) in [5.41, 5.74) is 0.405. The van der Waals surface area contributed by atoms with Crippen molar-refractivity contribution in [1.82, 2.24) is 10.2 Å². The molecule has 3 rings (SSSR count). The lowest BCUT2D eigenvalue weighted by Crippen LogP contribution is -2.70. The molecule has 10 nitrogen and oxygen atoms in total. The summed E-state index contributed by atoms with van der Waals surface area (Å²) in [5.74, 6) is -3.91. The monoisotopic (exact) mass is 440 g/mol. The van der Waals surface area contributed by atoms with Gasteiger partial charge in [-0.05, 0) is 17.0 Å². The summed E-state index contributed by atoms with van der Waals surface area (Å²) < 4.78 is 4.86. The molecule has 3 heterocycles. The largest absolute Gasteiger partial charge is 0.477 e. The van der Waals surface area contributed by atoms with Crippen molar-refractivity contribution < 1.29 is 38.9 Å². The lowest BCUT2D eigenvalue weighted by atomic mass is 10.0. The number of rotatable bonds is 7. The van der Waals surface area contributed by atoms with Crippen molar-refractivity contribution in [2.75, 3.05) is 12.4 Å². The molecule has 12 heteroatoms. The maximum Gasteiger partial charge on any atom is 0.352 e. The zero-order valence-corrected chi connectivity index (χ0v) is 16.7. The number of thioether (sulfide) groups is 1. The molecule has 2 aliphatic rings. The fourth-order valence-corrected chi connectivity index (χ4v) is 5.13. The molecule has 2 amide bonds. The molecule has 1 fully saturated rings. The second kappa shape index (κ2) is 8.25. The van der Waals surface area contributed by atoms with Crippen LogP contribution in [0.4, 0.5) is 0 Å². The number of thiophene rings is 1. The van der Waals surface area contributed by atoms with Crippen molar-refractivity contribution in [2.24, 2.45) is 0 Å². The van der Waals surface area contributed by atoms with E-state index in [9.17, 15) is 29.1 Å². The van der Waals surface area contributed by atoms with Crippen LogP contribution in [-0.2, 0) is 30.3 Å². The molecular weight excluding hydrogens is 424 g/mol. The Kier molecular flexibility index (Phi) is 5.94. The summed E-state index contributed by atoms with van der Waals surface area (Å²) in [6, 6.07) is 0.619. The van der Waals surface area contributed by atoms with Crippen molar-refractivity contribution in [2.45, 2.75) is 24.8 Å². The molecule has 0 unspecified atom stereocenters. The topological polar surface area (TPSA) is 150 Å². The van der Waals surface area contributed by atoms with Crippen molar-refractivity contribution >= 4 is 52.8 Å². The molecule has 1 saturated heterocycles. The van der Waals surface area contributed by atoms with E-state index in [4.69, 9.17) is 9.84 Å². The van der Waals surface area contributed by atoms with E-state index in [1.165, 1.54) is 24.8 Å². The Balaban J connectivity index is 1.69. The Morgan fingerprint density at radius 3 is 2.62 bits per heavy atom. The molecular formula is C17H16N2O8S2. The second-order valence-corrected chi connectivity index (χ2v) is 8.27. The van der Waals surface area contributed by atoms with Gasteiger partial charge in [-0.15, -0.1) is 23.1 Å². The second-order valence-electron chi connectivity index (χ2n) is 6.25. The minimum absolute atomic E-state index is 0.0555. The van der Waals surface area contributed by atoms with E-state index >= 15 is 0 Å². The first kappa shape index (κ1) is 20.9. The molecule has 1 aromatic heterocycles. The third-order valence-electron chi connectivity index (χ3n) is 4.31. The fraction of sp³-hybridized carbons (Fsp3) is 0.353. The number of aromatic carboxylic acids is 1. The number of fused-ring (bicyclic) bond motifs is 1. The lowest BCUT2D eigenvalue weighted by molar-refractivity contribution is -0.151. The lowest BCUT2D eigenvalue weighted by Gasteiger charge is -2.49. The maximum atomic E-state index is 12.5. The van der Waals surface area contributed by atoms with Gasteiger partial charge >= 0.3 is 17.9 Å². The van der Waals surface area contributed by atoms with Gasteiger partial charge in [-0.3, -0.25) is 19.3 Å². The standard InChI is InChI=1S/C17H16N2O8S2/c1-7(20)27-5-9-6-29-15-11(14(22)19(15)12(9)16(23)24)18-10(21)4-8-2-3-28-13(8)17(25)26/h2-3,11,15H,4-6H2,1H3,(H,18,21)(H,23,24)(H,25,26)/t11-,15-/m1/s1. The van der Waals surface area contributed by atoms with Crippen molar-refractivity contribution in [3.63, 3.8) is 0 Å². The van der Waals surface area contributed by atoms with Crippen LogP contribution in [0.3, 0.4) is 0 Å². The molecule has 3 N–H and O–H groups in total. The molecule has 0 radical (unpaired) electrons. The number of hydrogen-bond donors (Lipinski definition) is 3. The Bertz CT molecular complexity index is 938. The summed E-state index contributed by atoms with van der Waals surface area (Å²) >= 11 is 2.25. The highest BCUT2D eigenvalue weighted by Crippen LogP contribution is 2.40. The van der Waals surface area contributed by atoms with E-state index in [0.717, 1.165) is 16.2 Å². The highest BCUT2D eigenvalue weighted by atomic mass is 32.2. The summed E-state index contributed by atoms with van der Waals surface area (Å²) in [6.07, 6.45) is -0.203. The smallest absolute Gasteiger partial charge is 0.352 e. The van der Waals surface area contributed by atoms with Gasteiger partial charge in [-0.25, -0.2) is 9.59 Å². The van der Waals surface area contributed by atoms with E-state index in [1.807, 2.05) is 0 Å². The molecule has 2 aliphatic heterocycles. The van der Waals surface area contributed by atoms with E-state index in [-0.39, 0.29) is 29.4 Å². The third-order valence-corrected chi connectivity index (χ3v) is 6.59. The van der Waals surface area contributed by atoms with Crippen LogP contribution in [0.2, 0.25) is 0 Å². The molecule has 29 heavy (non-hydrogen) atoms. The average Bonchev–Trinajstić information content (AvgIpc) is 3.11. The Morgan fingerprint density at radius 2 is 2.00 bits per heavy atom. The summed E-state index contributed by atoms with van der Waals surface area (Å²) in [5, 5.41) is 22.1. The van der Waals surface area contributed by atoms with Gasteiger partial charge in [0.05, 0.1) is 6.42 Å². The number of amides is 2. The van der Waals surface area contributed by atoms with Gasteiger partial charge in [0.1, 0.15) is 28.6 Å². The van der Waals surface area contributed by atoms with Crippen LogP contribution in [0.1, 0.15) is 22.2 Å². The van der Waals surface area contributed by atoms with E-state index in [0.29, 0.717) is 11.1 Å². The quantitative estimate of drug-likeness (QED) is 0.401. The molecule has 0 aromatic carbocycles. The van der Waals surface area contributed by atoms with Crippen LogP contribution < -0.4 is 5.32 Å². The number of carboxylic acids is 2. The van der Waals surface area contributed by atoms with Crippen LogP contribution in [-0.4, -0.2) is 68.6 Å². The Morgan fingerprint density at radius 1 is 1.28 bits per heavy atom. The number of esters is 1. The highest BCUT2D eigenvalue weighted by molar-refractivity contribution is 8.00. The molecule has 0 saturated carbocycles. The third kappa shape index (κ3) is 4.12. The number of carbonyl (C=O) groups is 5. The zero-order valence-electron chi connectivity index (χ0n) is 15.0. The SMILES string of the molecule is CC(=O)OCC1=C(C(=O)O)N2C(=O)[C@@H](NC(=O)Cc3ccsc3C(=O)O)[C@H]2SC1. The Hall–Kier alpha value is -2.86. The molecule has 0 aliphatic carbocycles. The van der Waals surface area contributed by atoms with Crippen LogP contribution >= 0.6 is 23.1 Å². The van der Waals surface area contributed by atoms with Gasteiger partial charge in [-0.2, -0.15) is 0 Å². The number of carboxylic acid groups (broad SMARTS) is 2. The molecule has 2 atom stereocenters. The number of carbonyl (C=O) groups excluding carboxylic acids is 3. The van der Waals surface area contributed by atoms with E-state index in [2.05, 4.69) is 5.32 Å². The predicted octanol–water partition coefficient (Wildman–Crippen LogP) is 0.291. The first-order valence-electron chi connectivity index (χ1n) is 8.33. The summed E-state index contributed by atoms with van der Waals surface area (Å²) in [6.45, 7) is 0.969. The fourth-order valence-electron chi connectivity index (χ4n) is 3.04. The molecule has 1 aromatic rings. The first-order valence-corrected chi connectivity index (χ1v) is 10.3. The van der Waals surface area contributed by atoms with Crippen LogP contribution in [0, 0.1) is 0 Å². The highest BCUT2D eigenvalue weighted by Gasteiger charge is 2.54. The number of hydrogen-bond acceptors (Lipinski definition) is 8. The molecule has 154 valence electrons. The van der Waals surface area contributed by atoms with Gasteiger partial charge in [0, 0.05) is 18.2 Å². The van der Waals surface area contributed by atoms with Crippen LogP contribution in [0.15, 0.2) is 22.7 Å². The zero-order chi connectivity index (χ0) is 21.3. The number of nitrogens with zero attached hydrogens (tertiary/aromatic N) is 1. The molecule has 0 spiro atoms. The van der Waals surface area contributed by atoms with Crippen molar-refractivity contribution in [3.8, 4) is 0 Å². The Labute approximate surface area is 172 Å². The van der Waals surface area contributed by atoms with Crippen LogP contribution in [0.5, 0.6) is 0 Å². The average molecular weight is 440 g/mol. The van der Waals surface area contributed by atoms with Crippen LogP contribution in [0.25, 0.3) is 0 Å². The van der Waals surface area contributed by atoms with Gasteiger partial charge in [0.2, 0.25) is 5.91 Å². The van der Waals surface area contributed by atoms with Gasteiger partial charge in [0.15, 0.2) is 0 Å².